The summed E-state index contributed by atoms with van der Waals surface area (Å²) in [7, 11) is 0. The van der Waals surface area contributed by atoms with Crippen LogP contribution < -0.4 is 0 Å². The first kappa shape index (κ1) is 32.4. The quantitative estimate of drug-likeness (QED) is 0.176. The fourth-order valence-electron chi connectivity index (χ4n) is 8.61. The molecule has 0 amide bonds. The van der Waals surface area contributed by atoms with Crippen LogP contribution >= 0.6 is 0 Å². The highest BCUT2D eigenvalue weighted by molar-refractivity contribution is 6.23. The van der Waals surface area contributed by atoms with Gasteiger partial charge < -0.3 is 8.98 Å². The molecule has 12 rings (SSSR count). The van der Waals surface area contributed by atoms with Gasteiger partial charge >= 0.3 is 0 Å². The third kappa shape index (κ3) is 5.21. The molecule has 5 heteroatoms. The Kier molecular flexibility index (Phi) is 7.16. The molecule has 0 unspecified atom stereocenters. The highest BCUT2D eigenvalue weighted by atomic mass is 16.3. The zero-order valence-corrected chi connectivity index (χ0v) is 31.2. The van der Waals surface area contributed by atoms with E-state index in [0.29, 0.717) is 17.5 Å². The molecule has 12 aromatic rings. The number of fused-ring (bicyclic) bond motifs is 9. The lowest BCUT2D eigenvalue weighted by molar-refractivity contribution is 0.668. The Labute approximate surface area is 333 Å². The maximum Gasteiger partial charge on any atom is 0.164 e. The molecular formula is C53H32N4O. The Morgan fingerprint density at radius 2 is 0.914 bits per heavy atom. The molecule has 0 aliphatic rings. The Morgan fingerprint density at radius 3 is 1.69 bits per heavy atom. The minimum absolute atomic E-state index is 0.585. The summed E-state index contributed by atoms with van der Waals surface area (Å²) in [4.78, 5) is 15.1. The van der Waals surface area contributed by atoms with Crippen molar-refractivity contribution in [1.82, 2.24) is 19.5 Å². The highest BCUT2D eigenvalue weighted by Crippen LogP contribution is 2.40. The van der Waals surface area contributed by atoms with Crippen molar-refractivity contribution >= 4 is 65.3 Å². The van der Waals surface area contributed by atoms with Crippen LogP contribution in [0.2, 0.25) is 0 Å². The van der Waals surface area contributed by atoms with Crippen molar-refractivity contribution in [3.8, 4) is 51.0 Å². The Bertz CT molecular complexity index is 3570. The van der Waals surface area contributed by atoms with E-state index in [4.69, 9.17) is 19.4 Å². The zero-order valence-electron chi connectivity index (χ0n) is 31.2. The highest BCUT2D eigenvalue weighted by Gasteiger charge is 2.19. The number of rotatable bonds is 5. The van der Waals surface area contributed by atoms with E-state index in [1.165, 1.54) is 32.3 Å². The van der Waals surface area contributed by atoms with Crippen molar-refractivity contribution in [3.05, 3.63) is 194 Å². The van der Waals surface area contributed by atoms with Gasteiger partial charge in [-0.25, -0.2) is 15.0 Å². The molecule has 58 heavy (non-hydrogen) atoms. The number of benzene rings is 9. The van der Waals surface area contributed by atoms with Crippen molar-refractivity contribution in [2.45, 2.75) is 0 Å². The predicted octanol–water partition coefficient (Wildman–Crippen LogP) is 13.8. The normalized spacial score (nSPS) is 11.8. The first-order chi connectivity index (χ1) is 28.7. The van der Waals surface area contributed by atoms with Crippen LogP contribution in [0.15, 0.2) is 199 Å². The average Bonchev–Trinajstić information content (AvgIpc) is 3.83. The molecule has 0 atom stereocenters. The lowest BCUT2D eigenvalue weighted by atomic mass is 10.0. The molecule has 270 valence electrons. The van der Waals surface area contributed by atoms with Crippen LogP contribution in [0.1, 0.15) is 0 Å². The second-order valence-corrected chi connectivity index (χ2v) is 14.8. The number of aromatic nitrogens is 4. The van der Waals surface area contributed by atoms with E-state index in [2.05, 4.69) is 162 Å². The molecule has 0 spiro atoms. The van der Waals surface area contributed by atoms with Gasteiger partial charge in [0.05, 0.1) is 11.0 Å². The van der Waals surface area contributed by atoms with Crippen LogP contribution in [0.5, 0.6) is 0 Å². The van der Waals surface area contributed by atoms with Crippen molar-refractivity contribution < 1.29 is 4.42 Å². The van der Waals surface area contributed by atoms with Crippen LogP contribution in [0, 0.1) is 0 Å². The van der Waals surface area contributed by atoms with Gasteiger partial charge in [0.2, 0.25) is 0 Å². The molecule has 0 fully saturated rings. The Hall–Kier alpha value is -7.89. The second-order valence-electron chi connectivity index (χ2n) is 14.8. The van der Waals surface area contributed by atoms with Crippen LogP contribution in [0.4, 0.5) is 0 Å². The van der Waals surface area contributed by atoms with E-state index < -0.39 is 0 Å². The van der Waals surface area contributed by atoms with Gasteiger partial charge in [0, 0.05) is 50.0 Å². The summed E-state index contributed by atoms with van der Waals surface area (Å²) in [6, 6.07) is 68.1. The summed E-state index contributed by atoms with van der Waals surface area (Å²) in [5.41, 5.74) is 9.91. The van der Waals surface area contributed by atoms with E-state index in [9.17, 15) is 0 Å². The van der Waals surface area contributed by atoms with Crippen LogP contribution in [-0.4, -0.2) is 19.5 Å². The molecule has 0 radical (unpaired) electrons. The lowest BCUT2D eigenvalue weighted by Crippen LogP contribution is -2.00. The van der Waals surface area contributed by atoms with Crippen molar-refractivity contribution in [1.29, 1.82) is 0 Å². The summed E-state index contributed by atoms with van der Waals surface area (Å²) < 4.78 is 9.11. The fourth-order valence-corrected chi connectivity index (χ4v) is 8.61. The summed E-state index contributed by atoms with van der Waals surface area (Å²) >= 11 is 0. The molecule has 3 heterocycles. The third-order valence-electron chi connectivity index (χ3n) is 11.4. The van der Waals surface area contributed by atoms with Crippen LogP contribution in [0.25, 0.3) is 116 Å². The molecule has 0 saturated carbocycles. The Morgan fingerprint density at radius 1 is 0.328 bits per heavy atom. The van der Waals surface area contributed by atoms with Crippen molar-refractivity contribution in [3.63, 3.8) is 0 Å². The predicted molar refractivity (Wildman–Crippen MR) is 238 cm³/mol. The standard InChI is InChI=1S/C53H32N4O/c1-3-12-33(13-4-1)36-19-11-20-39(28-36)52-54-51(35-15-5-2-6-16-35)55-53(56-52)40-22-25-43-44-26-24-41(32-49(44)58-48(43)31-40)57-46-27-23-34-14-9-10-21-42(34)50(46)45-29-37-17-7-8-18-38(37)30-47(45)57/h1-32H. The third-order valence-corrected chi connectivity index (χ3v) is 11.4. The molecule has 0 saturated heterocycles. The van der Waals surface area contributed by atoms with Gasteiger partial charge in [0.25, 0.3) is 0 Å². The van der Waals surface area contributed by atoms with E-state index in [1.54, 1.807) is 0 Å². The largest absolute Gasteiger partial charge is 0.456 e. The van der Waals surface area contributed by atoms with Gasteiger partial charge in [0.1, 0.15) is 11.2 Å². The van der Waals surface area contributed by atoms with Gasteiger partial charge in [-0.15, -0.1) is 0 Å². The maximum atomic E-state index is 6.73. The van der Waals surface area contributed by atoms with Gasteiger partial charge in [-0.05, 0) is 81.2 Å². The monoisotopic (exact) mass is 740 g/mol. The minimum Gasteiger partial charge on any atom is -0.456 e. The Balaban J connectivity index is 1.01. The molecular weight excluding hydrogens is 709 g/mol. The number of hydrogen-bond donors (Lipinski definition) is 0. The number of furan rings is 1. The zero-order chi connectivity index (χ0) is 38.2. The van der Waals surface area contributed by atoms with Crippen LogP contribution in [0.3, 0.4) is 0 Å². The molecule has 5 nitrogen and oxygen atoms in total. The molecule has 0 N–H and O–H groups in total. The topological polar surface area (TPSA) is 56.7 Å². The molecule has 0 aliphatic heterocycles. The van der Waals surface area contributed by atoms with E-state index in [0.717, 1.165) is 66.5 Å². The van der Waals surface area contributed by atoms with E-state index in [-0.39, 0.29) is 0 Å². The number of hydrogen-bond acceptors (Lipinski definition) is 4. The molecule has 3 aromatic heterocycles. The minimum atomic E-state index is 0.585. The van der Waals surface area contributed by atoms with Gasteiger partial charge in [0.15, 0.2) is 17.5 Å². The first-order valence-corrected chi connectivity index (χ1v) is 19.5. The molecule has 0 aliphatic carbocycles. The van der Waals surface area contributed by atoms with Crippen molar-refractivity contribution in [2.75, 3.05) is 0 Å². The summed E-state index contributed by atoms with van der Waals surface area (Å²) in [5, 5.41) is 9.50. The van der Waals surface area contributed by atoms with E-state index in [1.807, 2.05) is 36.4 Å². The van der Waals surface area contributed by atoms with Crippen molar-refractivity contribution in [2.24, 2.45) is 0 Å². The molecule has 9 aromatic carbocycles. The van der Waals surface area contributed by atoms with Crippen LogP contribution in [-0.2, 0) is 0 Å². The maximum absolute atomic E-state index is 6.73. The smallest absolute Gasteiger partial charge is 0.164 e. The fraction of sp³-hybridized carbons (Fsp3) is 0. The lowest BCUT2D eigenvalue weighted by Gasteiger charge is -2.09. The van der Waals surface area contributed by atoms with Gasteiger partial charge in [-0.3, -0.25) is 0 Å². The average molecular weight is 741 g/mol. The summed E-state index contributed by atoms with van der Waals surface area (Å²) in [6.07, 6.45) is 0. The van der Waals surface area contributed by atoms with Gasteiger partial charge in [-0.1, -0.05) is 140 Å². The first-order valence-electron chi connectivity index (χ1n) is 19.5. The summed E-state index contributed by atoms with van der Waals surface area (Å²) in [5.74, 6) is 1.82. The molecule has 0 bridgehead atoms. The summed E-state index contributed by atoms with van der Waals surface area (Å²) in [6.45, 7) is 0. The van der Waals surface area contributed by atoms with Gasteiger partial charge in [-0.2, -0.15) is 0 Å². The van der Waals surface area contributed by atoms with E-state index >= 15 is 0 Å². The number of nitrogens with zero attached hydrogens (tertiary/aromatic N) is 4. The SMILES string of the molecule is c1ccc(-c2cccc(-c3nc(-c4ccccc4)nc(-c4ccc5c(c4)oc4cc(-n6c7cc8ccccc8cc7c7c8ccccc8ccc76)ccc45)n3)c2)cc1. The second kappa shape index (κ2) is 12.8.